The first-order valence-electron chi connectivity index (χ1n) is 9.01. The van der Waals surface area contributed by atoms with Gasteiger partial charge < -0.3 is 15.5 Å². The average molecular weight is 362 g/mol. The van der Waals surface area contributed by atoms with Crippen LogP contribution in [0.5, 0.6) is 0 Å². The van der Waals surface area contributed by atoms with Gasteiger partial charge in [-0.3, -0.25) is 9.59 Å². The fourth-order valence-electron chi connectivity index (χ4n) is 3.22. The zero-order chi connectivity index (χ0) is 19.2. The van der Waals surface area contributed by atoms with E-state index in [1.165, 1.54) is 0 Å². The molecular weight excluding hydrogens is 340 g/mol. The van der Waals surface area contributed by atoms with Gasteiger partial charge in [-0.15, -0.1) is 0 Å². The molecule has 0 spiro atoms. The summed E-state index contributed by atoms with van der Waals surface area (Å²) in [6.07, 6.45) is 2.06. The van der Waals surface area contributed by atoms with Crippen LogP contribution >= 0.6 is 0 Å². The Morgan fingerprint density at radius 1 is 1.15 bits per heavy atom. The number of nitrogens with zero attached hydrogens (tertiary/aromatic N) is 2. The van der Waals surface area contributed by atoms with E-state index >= 15 is 0 Å². The fourth-order valence-corrected chi connectivity index (χ4v) is 3.22. The first-order valence-corrected chi connectivity index (χ1v) is 9.01. The van der Waals surface area contributed by atoms with Crippen molar-refractivity contribution in [1.29, 1.82) is 5.26 Å². The summed E-state index contributed by atoms with van der Waals surface area (Å²) in [7, 11) is 0. The van der Waals surface area contributed by atoms with Crippen LogP contribution in [0.25, 0.3) is 0 Å². The Labute approximate surface area is 158 Å². The fraction of sp³-hybridized carbons (Fsp3) is 0.286. The van der Waals surface area contributed by atoms with Gasteiger partial charge in [0.05, 0.1) is 23.7 Å². The van der Waals surface area contributed by atoms with Crippen molar-refractivity contribution >= 4 is 23.2 Å². The van der Waals surface area contributed by atoms with Crippen molar-refractivity contribution in [2.75, 3.05) is 30.3 Å². The van der Waals surface area contributed by atoms with Gasteiger partial charge in [0.1, 0.15) is 0 Å². The maximum Gasteiger partial charge on any atom is 0.256 e. The molecule has 2 amide bonds. The number of carbonyl (C=O) groups is 2. The largest absolute Gasteiger partial charge is 0.375 e. The molecule has 2 N–H and O–H groups in total. The Hall–Kier alpha value is -3.33. The van der Waals surface area contributed by atoms with Crippen LogP contribution in [0.3, 0.4) is 0 Å². The second-order valence-electron chi connectivity index (χ2n) is 6.59. The predicted octanol–water partition coefficient (Wildman–Crippen LogP) is 3.15. The van der Waals surface area contributed by atoms with Crippen molar-refractivity contribution in [3.8, 4) is 6.07 Å². The molecule has 138 valence electrons. The standard InChI is InChI=1S/C21H22N4O2/c1-15-6-4-9-18(20(15)21(27)25-10-2-3-11-25)23-14-19(26)24-17-8-5-7-16(12-17)13-22/h4-9,12,23H,2-3,10-11,14H2,1H3,(H,24,26). The number of aryl methyl sites for hydroxylation is 1. The summed E-state index contributed by atoms with van der Waals surface area (Å²) < 4.78 is 0. The Kier molecular flexibility index (Phi) is 5.72. The molecule has 27 heavy (non-hydrogen) atoms. The maximum absolute atomic E-state index is 12.8. The highest BCUT2D eigenvalue weighted by atomic mass is 16.2. The number of anilines is 2. The van der Waals surface area contributed by atoms with Gasteiger partial charge in [-0.25, -0.2) is 0 Å². The van der Waals surface area contributed by atoms with Gasteiger partial charge in [0.25, 0.3) is 5.91 Å². The van der Waals surface area contributed by atoms with Crippen LogP contribution in [0.15, 0.2) is 42.5 Å². The van der Waals surface area contributed by atoms with Gasteiger partial charge in [-0.05, 0) is 49.6 Å². The summed E-state index contributed by atoms with van der Waals surface area (Å²) in [5, 5.41) is 14.8. The average Bonchev–Trinajstić information content (AvgIpc) is 3.21. The van der Waals surface area contributed by atoms with E-state index in [1.807, 2.05) is 36.1 Å². The number of nitriles is 1. The highest BCUT2D eigenvalue weighted by Gasteiger charge is 2.23. The van der Waals surface area contributed by atoms with Crippen molar-refractivity contribution in [3.05, 3.63) is 59.2 Å². The Bertz CT molecular complexity index is 895. The third-order valence-electron chi connectivity index (χ3n) is 4.59. The lowest BCUT2D eigenvalue weighted by Gasteiger charge is -2.20. The first kappa shape index (κ1) is 18.5. The van der Waals surface area contributed by atoms with E-state index in [1.54, 1.807) is 24.3 Å². The highest BCUT2D eigenvalue weighted by molar-refractivity contribution is 6.02. The van der Waals surface area contributed by atoms with Gasteiger partial charge in [0.15, 0.2) is 0 Å². The molecule has 0 unspecified atom stereocenters. The zero-order valence-corrected chi connectivity index (χ0v) is 15.3. The third-order valence-corrected chi connectivity index (χ3v) is 4.59. The Morgan fingerprint density at radius 2 is 1.89 bits per heavy atom. The molecule has 0 atom stereocenters. The smallest absolute Gasteiger partial charge is 0.256 e. The quantitative estimate of drug-likeness (QED) is 0.856. The van der Waals surface area contributed by atoms with Crippen LogP contribution in [0.4, 0.5) is 11.4 Å². The molecule has 1 aliphatic heterocycles. The topological polar surface area (TPSA) is 85.2 Å². The van der Waals surface area contributed by atoms with E-state index in [0.717, 1.165) is 31.5 Å². The molecule has 0 aliphatic carbocycles. The predicted molar refractivity (Wildman–Crippen MR) is 105 cm³/mol. The minimum Gasteiger partial charge on any atom is -0.375 e. The van der Waals surface area contributed by atoms with Gasteiger partial charge in [0.2, 0.25) is 5.91 Å². The minimum absolute atomic E-state index is 0.00947. The summed E-state index contributed by atoms with van der Waals surface area (Å²) in [4.78, 5) is 27.0. The molecule has 1 saturated heterocycles. The summed E-state index contributed by atoms with van der Waals surface area (Å²) in [6, 6.07) is 14.4. The second kappa shape index (κ2) is 8.37. The van der Waals surface area contributed by atoms with Gasteiger partial charge >= 0.3 is 0 Å². The number of amides is 2. The van der Waals surface area contributed by atoms with E-state index in [-0.39, 0.29) is 18.4 Å². The van der Waals surface area contributed by atoms with Gasteiger partial charge in [-0.1, -0.05) is 18.2 Å². The highest BCUT2D eigenvalue weighted by Crippen LogP contribution is 2.23. The number of nitrogens with one attached hydrogen (secondary N) is 2. The molecule has 2 aromatic carbocycles. The minimum atomic E-state index is -0.244. The van der Waals surface area contributed by atoms with Gasteiger partial charge in [-0.2, -0.15) is 5.26 Å². The zero-order valence-electron chi connectivity index (χ0n) is 15.3. The van der Waals surface area contributed by atoms with E-state index in [4.69, 9.17) is 5.26 Å². The molecule has 1 aliphatic rings. The van der Waals surface area contributed by atoms with Crippen molar-refractivity contribution in [1.82, 2.24) is 4.90 Å². The van der Waals surface area contributed by atoms with Crippen molar-refractivity contribution in [3.63, 3.8) is 0 Å². The van der Waals surface area contributed by atoms with Crippen molar-refractivity contribution in [2.45, 2.75) is 19.8 Å². The molecule has 0 aromatic heterocycles. The van der Waals surface area contributed by atoms with E-state index < -0.39 is 0 Å². The number of hydrogen-bond acceptors (Lipinski definition) is 4. The van der Waals surface area contributed by atoms with E-state index in [0.29, 0.717) is 22.5 Å². The number of benzene rings is 2. The first-order chi connectivity index (χ1) is 13.1. The number of rotatable bonds is 5. The van der Waals surface area contributed by atoms with E-state index in [9.17, 15) is 9.59 Å². The lowest BCUT2D eigenvalue weighted by atomic mass is 10.0. The van der Waals surface area contributed by atoms with Crippen molar-refractivity contribution in [2.24, 2.45) is 0 Å². The maximum atomic E-state index is 12.8. The van der Waals surface area contributed by atoms with Crippen LogP contribution in [0.1, 0.15) is 34.3 Å². The molecule has 3 rings (SSSR count). The molecule has 0 saturated carbocycles. The number of hydrogen-bond donors (Lipinski definition) is 2. The third kappa shape index (κ3) is 4.45. The summed E-state index contributed by atoms with van der Waals surface area (Å²) >= 11 is 0. The van der Waals surface area contributed by atoms with Crippen LogP contribution in [-0.2, 0) is 4.79 Å². The Balaban J connectivity index is 1.68. The lowest BCUT2D eigenvalue weighted by molar-refractivity contribution is -0.114. The van der Waals surface area contributed by atoms with Crippen LogP contribution in [0.2, 0.25) is 0 Å². The molecule has 0 bridgehead atoms. The molecule has 1 fully saturated rings. The second-order valence-corrected chi connectivity index (χ2v) is 6.59. The molecule has 6 nitrogen and oxygen atoms in total. The van der Waals surface area contributed by atoms with Crippen molar-refractivity contribution < 1.29 is 9.59 Å². The molecule has 0 radical (unpaired) electrons. The molecule has 1 heterocycles. The molecule has 2 aromatic rings. The molecule has 6 heteroatoms. The number of carbonyl (C=O) groups excluding carboxylic acids is 2. The SMILES string of the molecule is Cc1cccc(NCC(=O)Nc2cccc(C#N)c2)c1C(=O)N1CCCC1. The summed E-state index contributed by atoms with van der Waals surface area (Å²) in [5.74, 6) is -0.235. The van der Waals surface area contributed by atoms with Crippen LogP contribution in [0, 0.1) is 18.3 Å². The Morgan fingerprint density at radius 3 is 2.63 bits per heavy atom. The summed E-state index contributed by atoms with van der Waals surface area (Å²) in [6.45, 7) is 3.49. The molecular formula is C21H22N4O2. The van der Waals surface area contributed by atoms with Gasteiger partial charge in [0, 0.05) is 24.5 Å². The number of likely N-dealkylation sites (tertiary alicyclic amines) is 1. The van der Waals surface area contributed by atoms with Crippen LogP contribution in [-0.4, -0.2) is 36.3 Å². The monoisotopic (exact) mass is 362 g/mol. The normalized spacial score (nSPS) is 13.1. The van der Waals surface area contributed by atoms with Crippen LogP contribution < -0.4 is 10.6 Å². The summed E-state index contributed by atoms with van der Waals surface area (Å²) in [5.41, 5.74) is 3.22. The van der Waals surface area contributed by atoms with E-state index in [2.05, 4.69) is 10.6 Å². The lowest BCUT2D eigenvalue weighted by Crippen LogP contribution is -2.30.